The zero-order chi connectivity index (χ0) is 17.1. The molecule has 0 atom stereocenters. The van der Waals surface area contributed by atoms with Crippen molar-refractivity contribution >= 4 is 12.0 Å². The summed E-state index contributed by atoms with van der Waals surface area (Å²) >= 11 is 0. The summed E-state index contributed by atoms with van der Waals surface area (Å²) in [6.45, 7) is 3.31. The summed E-state index contributed by atoms with van der Waals surface area (Å²) < 4.78 is 14.4. The second-order valence-corrected chi connectivity index (χ2v) is 5.66. The Morgan fingerprint density at radius 1 is 1.33 bits per heavy atom. The summed E-state index contributed by atoms with van der Waals surface area (Å²) in [6.07, 6.45) is 5.16. The van der Waals surface area contributed by atoms with Crippen LogP contribution in [0.2, 0.25) is 0 Å². The predicted octanol–water partition coefficient (Wildman–Crippen LogP) is 2.00. The molecule has 124 valence electrons. The molecule has 2 heterocycles. The summed E-state index contributed by atoms with van der Waals surface area (Å²) in [6, 6.07) is 5.92. The molecule has 0 N–H and O–H groups in total. The van der Waals surface area contributed by atoms with Crippen LogP contribution in [0.4, 0.5) is 4.39 Å². The van der Waals surface area contributed by atoms with Gasteiger partial charge in [0.05, 0.1) is 18.6 Å². The van der Waals surface area contributed by atoms with E-state index >= 15 is 0 Å². The van der Waals surface area contributed by atoms with Crippen molar-refractivity contribution in [1.29, 1.82) is 0 Å². The molecule has 0 fully saturated rings. The number of carbonyl (C=O) groups is 1. The lowest BCUT2D eigenvalue weighted by molar-refractivity contribution is -0.126. The number of aromatic nitrogens is 2. The van der Waals surface area contributed by atoms with E-state index in [1.807, 2.05) is 6.92 Å². The van der Waals surface area contributed by atoms with Gasteiger partial charge in [-0.1, -0.05) is 12.1 Å². The molecule has 0 saturated heterocycles. The molecule has 1 aromatic carbocycles. The molecule has 0 bridgehead atoms. The third kappa shape index (κ3) is 3.27. The Labute approximate surface area is 139 Å². The van der Waals surface area contributed by atoms with Crippen LogP contribution < -0.4 is 5.56 Å². The average molecular weight is 327 g/mol. The number of nitrogens with zero attached hydrogens (tertiary/aromatic N) is 3. The number of aryl methyl sites for hydroxylation is 1. The Morgan fingerprint density at radius 2 is 2.08 bits per heavy atom. The average Bonchev–Trinajstić information content (AvgIpc) is 2.61. The molecule has 1 aliphatic heterocycles. The lowest BCUT2D eigenvalue weighted by Gasteiger charge is -2.27. The third-order valence-electron chi connectivity index (χ3n) is 4.13. The molecule has 1 amide bonds. The van der Waals surface area contributed by atoms with E-state index in [4.69, 9.17) is 0 Å². The molecule has 6 heteroatoms. The van der Waals surface area contributed by atoms with Crippen molar-refractivity contribution in [2.24, 2.45) is 0 Å². The van der Waals surface area contributed by atoms with Crippen LogP contribution in [0.3, 0.4) is 0 Å². The summed E-state index contributed by atoms with van der Waals surface area (Å²) in [5, 5.41) is 0. The number of fused-ring (bicyclic) bond motifs is 1. The van der Waals surface area contributed by atoms with Crippen LogP contribution in [-0.2, 0) is 24.3 Å². The fourth-order valence-electron chi connectivity index (χ4n) is 2.72. The first-order chi connectivity index (χ1) is 11.6. The molecule has 0 radical (unpaired) electrons. The Morgan fingerprint density at radius 3 is 2.79 bits per heavy atom. The van der Waals surface area contributed by atoms with Gasteiger partial charge in [0.2, 0.25) is 5.91 Å². The molecule has 0 unspecified atom stereocenters. The predicted molar refractivity (Wildman–Crippen MR) is 88.7 cm³/mol. The van der Waals surface area contributed by atoms with E-state index in [9.17, 15) is 14.0 Å². The van der Waals surface area contributed by atoms with Crippen molar-refractivity contribution in [3.8, 4) is 0 Å². The van der Waals surface area contributed by atoms with E-state index in [1.54, 1.807) is 27.7 Å². The largest absolute Gasteiger partial charge is 0.333 e. The van der Waals surface area contributed by atoms with E-state index in [0.29, 0.717) is 37.3 Å². The molecule has 5 nitrogen and oxygen atoms in total. The quantitative estimate of drug-likeness (QED) is 0.810. The van der Waals surface area contributed by atoms with Gasteiger partial charge in [0.1, 0.15) is 5.82 Å². The number of benzene rings is 1. The fourth-order valence-corrected chi connectivity index (χ4v) is 2.72. The second-order valence-electron chi connectivity index (χ2n) is 5.66. The van der Waals surface area contributed by atoms with Crippen LogP contribution in [0.5, 0.6) is 0 Å². The highest BCUT2D eigenvalue weighted by atomic mass is 19.1. The van der Waals surface area contributed by atoms with Gasteiger partial charge in [0, 0.05) is 24.7 Å². The van der Waals surface area contributed by atoms with E-state index in [1.165, 1.54) is 24.5 Å². The highest BCUT2D eigenvalue weighted by molar-refractivity contribution is 5.91. The Kier molecular flexibility index (Phi) is 4.55. The number of amides is 1. The van der Waals surface area contributed by atoms with Gasteiger partial charge in [-0.25, -0.2) is 9.37 Å². The number of rotatable bonds is 3. The van der Waals surface area contributed by atoms with E-state index in [2.05, 4.69) is 4.98 Å². The molecule has 1 aromatic heterocycles. The molecule has 24 heavy (non-hydrogen) atoms. The highest BCUT2D eigenvalue weighted by Gasteiger charge is 2.22. The molecule has 2 aromatic rings. The lowest BCUT2D eigenvalue weighted by atomic mass is 10.1. The fraction of sp³-hybridized carbons (Fsp3) is 0.278. The monoisotopic (exact) mass is 327 g/mol. The number of hydrogen-bond donors (Lipinski definition) is 0. The van der Waals surface area contributed by atoms with Crippen LogP contribution in [0, 0.1) is 5.82 Å². The first kappa shape index (κ1) is 16.1. The minimum Gasteiger partial charge on any atom is -0.333 e. The third-order valence-corrected chi connectivity index (χ3v) is 4.13. The first-order valence-electron chi connectivity index (χ1n) is 7.88. The Balaban J connectivity index is 1.73. The number of halogens is 1. The summed E-state index contributed by atoms with van der Waals surface area (Å²) in [7, 11) is 0. The van der Waals surface area contributed by atoms with Crippen LogP contribution in [-0.4, -0.2) is 26.9 Å². The summed E-state index contributed by atoms with van der Waals surface area (Å²) in [4.78, 5) is 30.5. The molecular formula is C18H18FN3O2. The minimum absolute atomic E-state index is 0.0172. The van der Waals surface area contributed by atoms with Crippen LogP contribution in [0.1, 0.15) is 23.7 Å². The van der Waals surface area contributed by atoms with Crippen LogP contribution in [0.25, 0.3) is 6.08 Å². The lowest BCUT2D eigenvalue weighted by Crippen LogP contribution is -2.39. The van der Waals surface area contributed by atoms with Gasteiger partial charge in [-0.15, -0.1) is 0 Å². The van der Waals surface area contributed by atoms with E-state index in [-0.39, 0.29) is 17.3 Å². The van der Waals surface area contributed by atoms with Crippen molar-refractivity contribution < 1.29 is 9.18 Å². The summed E-state index contributed by atoms with van der Waals surface area (Å²) in [5.74, 6) is -0.457. The molecule has 1 aliphatic rings. The standard InChI is InChI=1S/C18H18FN3O2/c1-2-21-12-20-16-11-22(10-9-15(16)18(21)24)17(23)8-5-13-3-6-14(19)7-4-13/h3-8,12H,2,9-11H2,1H3/b8-5+. The van der Waals surface area contributed by atoms with Crippen molar-refractivity contribution in [1.82, 2.24) is 14.5 Å². The molecular weight excluding hydrogens is 309 g/mol. The van der Waals surface area contributed by atoms with Gasteiger partial charge >= 0.3 is 0 Å². The number of carbonyl (C=O) groups excluding carboxylic acids is 1. The zero-order valence-electron chi connectivity index (χ0n) is 13.4. The van der Waals surface area contributed by atoms with Gasteiger partial charge < -0.3 is 4.90 Å². The van der Waals surface area contributed by atoms with Gasteiger partial charge in [-0.3, -0.25) is 14.2 Å². The van der Waals surface area contributed by atoms with Gasteiger partial charge in [-0.2, -0.15) is 0 Å². The highest BCUT2D eigenvalue weighted by Crippen LogP contribution is 2.14. The maximum atomic E-state index is 12.9. The maximum absolute atomic E-state index is 12.9. The summed E-state index contributed by atoms with van der Waals surface area (Å²) in [5.41, 5.74) is 2.10. The molecule has 3 rings (SSSR count). The molecule has 0 spiro atoms. The smallest absolute Gasteiger partial charge is 0.256 e. The van der Waals surface area contributed by atoms with Crippen molar-refractivity contribution in [3.63, 3.8) is 0 Å². The topological polar surface area (TPSA) is 55.2 Å². The normalized spacial score (nSPS) is 14.0. The van der Waals surface area contributed by atoms with Crippen molar-refractivity contribution in [2.45, 2.75) is 26.4 Å². The second kappa shape index (κ2) is 6.78. The minimum atomic E-state index is -0.310. The zero-order valence-corrected chi connectivity index (χ0v) is 13.4. The van der Waals surface area contributed by atoms with E-state index in [0.717, 1.165) is 5.56 Å². The van der Waals surface area contributed by atoms with Gasteiger partial charge in [-0.05, 0) is 37.1 Å². The number of hydrogen-bond acceptors (Lipinski definition) is 3. The van der Waals surface area contributed by atoms with Crippen molar-refractivity contribution in [2.75, 3.05) is 6.54 Å². The Hall–Kier alpha value is -2.76. The van der Waals surface area contributed by atoms with Crippen LogP contribution >= 0.6 is 0 Å². The maximum Gasteiger partial charge on any atom is 0.256 e. The Bertz CT molecular complexity index is 840. The van der Waals surface area contributed by atoms with Crippen LogP contribution in [0.15, 0.2) is 41.5 Å². The first-order valence-corrected chi connectivity index (χ1v) is 7.88. The molecule has 0 aliphatic carbocycles. The van der Waals surface area contributed by atoms with E-state index < -0.39 is 0 Å². The van der Waals surface area contributed by atoms with Gasteiger partial charge in [0.15, 0.2) is 0 Å². The SMILES string of the molecule is CCn1cnc2c(c1=O)CCN(C(=O)/C=C/c1ccc(F)cc1)C2. The van der Waals surface area contributed by atoms with Gasteiger partial charge in [0.25, 0.3) is 5.56 Å². The van der Waals surface area contributed by atoms with Crippen molar-refractivity contribution in [3.05, 3.63) is 69.7 Å². The molecule has 0 saturated carbocycles.